The van der Waals surface area contributed by atoms with Gasteiger partial charge in [-0.1, -0.05) is 12.1 Å². The molecule has 0 bridgehead atoms. The van der Waals surface area contributed by atoms with Gasteiger partial charge in [-0.3, -0.25) is 4.79 Å². The van der Waals surface area contributed by atoms with Gasteiger partial charge in [-0.2, -0.15) is 0 Å². The van der Waals surface area contributed by atoms with Crippen LogP contribution < -0.4 is 10.6 Å². The van der Waals surface area contributed by atoms with Crippen LogP contribution in [0.4, 0.5) is 0 Å². The number of halogens is 2. The first-order chi connectivity index (χ1) is 10.2. The molecule has 0 atom stereocenters. The normalized spacial score (nSPS) is 10.0. The van der Waals surface area contributed by atoms with Gasteiger partial charge in [0.1, 0.15) is 5.82 Å². The van der Waals surface area contributed by atoms with Crippen molar-refractivity contribution in [2.24, 2.45) is 0 Å². The molecule has 1 aromatic carbocycles. The van der Waals surface area contributed by atoms with E-state index in [0.29, 0.717) is 13.0 Å². The van der Waals surface area contributed by atoms with E-state index >= 15 is 0 Å². The van der Waals surface area contributed by atoms with Crippen LogP contribution in [0.2, 0.25) is 0 Å². The lowest BCUT2D eigenvalue weighted by molar-refractivity contribution is -0.121. The Hall–Kier alpha value is -1.30. The van der Waals surface area contributed by atoms with Crippen molar-refractivity contribution >= 4 is 41.8 Å². The fourth-order valence-electron chi connectivity index (χ4n) is 2.46. The number of carbonyl (C=O) groups is 1. The summed E-state index contributed by atoms with van der Waals surface area (Å²) in [4.78, 5) is 16.1. The lowest BCUT2D eigenvalue weighted by Gasteiger charge is -2.08. The summed E-state index contributed by atoms with van der Waals surface area (Å²) < 4.78 is 2.21. The van der Waals surface area contributed by atoms with Crippen LogP contribution in [-0.2, 0) is 11.3 Å². The number of carbonyl (C=O) groups excluding carboxylic acids is 1. The summed E-state index contributed by atoms with van der Waals surface area (Å²) in [5.41, 5.74) is 2.20. The van der Waals surface area contributed by atoms with Crippen LogP contribution in [0.15, 0.2) is 24.3 Å². The number of nitrogens with one attached hydrogen (secondary N) is 2. The predicted molar refractivity (Wildman–Crippen MR) is 99.8 cm³/mol. The van der Waals surface area contributed by atoms with E-state index < -0.39 is 0 Å². The smallest absolute Gasteiger partial charge is 0.220 e. The van der Waals surface area contributed by atoms with Crippen molar-refractivity contribution in [3.63, 3.8) is 0 Å². The fourth-order valence-corrected chi connectivity index (χ4v) is 2.46. The minimum atomic E-state index is 0. The third-order valence-electron chi connectivity index (χ3n) is 3.56. The van der Waals surface area contributed by atoms with Crippen molar-refractivity contribution < 1.29 is 4.79 Å². The first-order valence-electron chi connectivity index (χ1n) is 7.55. The fraction of sp³-hybridized carbons (Fsp3) is 0.500. The maximum Gasteiger partial charge on any atom is 0.220 e. The summed E-state index contributed by atoms with van der Waals surface area (Å²) >= 11 is 0. The quantitative estimate of drug-likeness (QED) is 0.711. The van der Waals surface area contributed by atoms with Gasteiger partial charge in [-0.15, -0.1) is 24.8 Å². The number of nitrogens with zero attached hydrogens (tertiary/aromatic N) is 2. The van der Waals surface area contributed by atoms with Crippen molar-refractivity contribution in [2.45, 2.75) is 32.7 Å². The molecule has 1 amide bonds. The Morgan fingerprint density at radius 2 is 1.91 bits per heavy atom. The number of benzene rings is 1. The minimum Gasteiger partial charge on any atom is -0.356 e. The molecule has 1 heterocycles. The zero-order valence-electron chi connectivity index (χ0n) is 13.7. The number of para-hydroxylation sites is 2. The maximum absolute atomic E-state index is 11.6. The predicted octanol–water partition coefficient (Wildman–Crippen LogP) is 2.69. The molecule has 0 aliphatic carbocycles. The molecule has 2 rings (SSSR count). The minimum absolute atomic E-state index is 0. The number of fused-ring (bicyclic) bond motifs is 1. The summed E-state index contributed by atoms with van der Waals surface area (Å²) in [5, 5.41) is 6.01. The van der Waals surface area contributed by atoms with Gasteiger partial charge in [-0.05, 0) is 45.5 Å². The van der Waals surface area contributed by atoms with Gasteiger partial charge < -0.3 is 15.2 Å². The number of hydrogen-bond acceptors (Lipinski definition) is 3. The highest BCUT2D eigenvalue weighted by Crippen LogP contribution is 2.15. The summed E-state index contributed by atoms with van der Waals surface area (Å²) in [6.07, 6.45) is 2.39. The third-order valence-corrected chi connectivity index (χ3v) is 3.56. The highest BCUT2D eigenvalue weighted by molar-refractivity contribution is 5.85. The first-order valence-corrected chi connectivity index (χ1v) is 7.55. The van der Waals surface area contributed by atoms with Crippen molar-refractivity contribution in [1.82, 2.24) is 20.2 Å². The number of hydrogen-bond donors (Lipinski definition) is 2. The van der Waals surface area contributed by atoms with Gasteiger partial charge in [0, 0.05) is 19.5 Å². The van der Waals surface area contributed by atoms with Crippen molar-refractivity contribution in [1.29, 1.82) is 0 Å². The molecule has 5 nitrogen and oxygen atoms in total. The molecule has 0 spiro atoms. The zero-order chi connectivity index (χ0) is 15.1. The molecule has 0 aliphatic heterocycles. The number of aromatic nitrogens is 2. The van der Waals surface area contributed by atoms with Crippen LogP contribution >= 0.6 is 24.8 Å². The standard InChI is InChI=1S/C16H24N4O.2ClH/c1-13-19-14-7-3-4-8-15(14)20(13)12-6-11-18-16(21)9-5-10-17-2;;/h3-4,7-8,17H,5-6,9-12H2,1-2H3,(H,18,21);2*1H. The third kappa shape index (κ3) is 6.37. The van der Waals surface area contributed by atoms with Crippen LogP contribution in [0.5, 0.6) is 0 Å². The van der Waals surface area contributed by atoms with Gasteiger partial charge >= 0.3 is 0 Å². The van der Waals surface area contributed by atoms with Crippen molar-refractivity contribution in [3.8, 4) is 0 Å². The molecule has 0 radical (unpaired) electrons. The summed E-state index contributed by atoms with van der Waals surface area (Å²) in [6, 6.07) is 8.15. The molecular weight excluding hydrogens is 335 g/mol. The SMILES string of the molecule is CNCCCC(=O)NCCCn1c(C)nc2ccccc21.Cl.Cl. The Morgan fingerprint density at radius 3 is 2.65 bits per heavy atom. The largest absolute Gasteiger partial charge is 0.356 e. The van der Waals surface area contributed by atoms with Gasteiger partial charge in [-0.25, -0.2) is 4.98 Å². The molecule has 23 heavy (non-hydrogen) atoms. The van der Waals surface area contributed by atoms with E-state index in [-0.39, 0.29) is 30.7 Å². The van der Waals surface area contributed by atoms with E-state index in [1.165, 1.54) is 0 Å². The van der Waals surface area contributed by atoms with Crippen molar-refractivity contribution in [2.75, 3.05) is 20.1 Å². The summed E-state index contributed by atoms with van der Waals surface area (Å²) in [6.45, 7) is 4.50. The van der Waals surface area contributed by atoms with Crippen LogP contribution in [0.3, 0.4) is 0 Å². The second-order valence-corrected chi connectivity index (χ2v) is 5.21. The van der Waals surface area contributed by atoms with Crippen LogP contribution in [-0.4, -0.2) is 35.6 Å². The molecule has 0 fully saturated rings. The van der Waals surface area contributed by atoms with E-state index in [1.54, 1.807) is 0 Å². The lowest BCUT2D eigenvalue weighted by Crippen LogP contribution is -2.26. The summed E-state index contributed by atoms with van der Waals surface area (Å²) in [5.74, 6) is 1.16. The second-order valence-electron chi connectivity index (χ2n) is 5.21. The van der Waals surface area contributed by atoms with Gasteiger partial charge in [0.05, 0.1) is 11.0 Å². The molecule has 0 aliphatic rings. The Kier molecular flexibility index (Phi) is 10.6. The molecule has 2 N–H and O–H groups in total. The Morgan fingerprint density at radius 1 is 1.17 bits per heavy atom. The highest BCUT2D eigenvalue weighted by atomic mass is 35.5. The Balaban J connectivity index is 0.00000242. The molecule has 2 aromatic rings. The lowest BCUT2D eigenvalue weighted by atomic mass is 10.3. The van der Waals surface area contributed by atoms with Crippen LogP contribution in [0.1, 0.15) is 25.1 Å². The van der Waals surface area contributed by atoms with E-state index in [0.717, 1.165) is 42.8 Å². The molecular formula is C16H26Cl2N4O. The van der Waals surface area contributed by atoms with E-state index in [2.05, 4.69) is 26.3 Å². The van der Waals surface area contributed by atoms with Gasteiger partial charge in [0.15, 0.2) is 0 Å². The van der Waals surface area contributed by atoms with Crippen LogP contribution in [0.25, 0.3) is 11.0 Å². The number of imidazole rings is 1. The maximum atomic E-state index is 11.6. The first kappa shape index (κ1) is 21.7. The van der Waals surface area contributed by atoms with E-state index in [1.807, 2.05) is 32.2 Å². The molecule has 1 aromatic heterocycles. The van der Waals surface area contributed by atoms with E-state index in [9.17, 15) is 4.79 Å². The zero-order valence-corrected chi connectivity index (χ0v) is 15.3. The van der Waals surface area contributed by atoms with Gasteiger partial charge in [0.25, 0.3) is 0 Å². The summed E-state index contributed by atoms with van der Waals surface area (Å²) in [7, 11) is 1.90. The molecule has 0 unspecified atom stereocenters. The van der Waals surface area contributed by atoms with Crippen molar-refractivity contribution in [3.05, 3.63) is 30.1 Å². The van der Waals surface area contributed by atoms with Gasteiger partial charge in [0.2, 0.25) is 5.91 Å². The number of amides is 1. The Bertz CT molecular complexity index is 601. The molecule has 7 heteroatoms. The average molecular weight is 361 g/mol. The topological polar surface area (TPSA) is 59.0 Å². The second kappa shape index (κ2) is 11.3. The van der Waals surface area contributed by atoms with Crippen LogP contribution in [0, 0.1) is 6.92 Å². The molecule has 0 saturated heterocycles. The highest BCUT2D eigenvalue weighted by Gasteiger charge is 2.06. The number of aryl methyl sites for hydroxylation is 2. The average Bonchev–Trinajstić information content (AvgIpc) is 2.80. The Labute approximate surface area is 150 Å². The molecule has 0 saturated carbocycles. The number of rotatable bonds is 8. The van der Waals surface area contributed by atoms with E-state index in [4.69, 9.17) is 0 Å². The monoisotopic (exact) mass is 360 g/mol. The molecule has 130 valence electrons.